The van der Waals surface area contributed by atoms with Gasteiger partial charge < -0.3 is 23.7 Å². The summed E-state index contributed by atoms with van der Waals surface area (Å²) < 4.78 is 26.5. The van der Waals surface area contributed by atoms with Gasteiger partial charge in [-0.2, -0.15) is 0 Å². The van der Waals surface area contributed by atoms with Crippen LogP contribution in [0.4, 0.5) is 4.79 Å². The summed E-state index contributed by atoms with van der Waals surface area (Å²) in [7, 11) is 0. The molecular weight excluding hydrogens is 312 g/mol. The Labute approximate surface area is 139 Å². The summed E-state index contributed by atoms with van der Waals surface area (Å²) in [5.41, 5.74) is 0.920. The number of para-hydroxylation sites is 1. The molecule has 1 atom stereocenters. The van der Waals surface area contributed by atoms with Gasteiger partial charge in [-0.05, 0) is 36.8 Å². The number of ether oxygens (including phenoxy) is 5. The first-order valence-electron chi connectivity index (χ1n) is 7.39. The number of fused-ring (bicyclic) bond motifs is 1. The van der Waals surface area contributed by atoms with E-state index in [1.165, 1.54) is 0 Å². The molecular formula is C18H16O6. The molecule has 0 fully saturated rings. The molecule has 0 radical (unpaired) electrons. The molecule has 0 N–H and O–H groups in total. The van der Waals surface area contributed by atoms with Crippen LogP contribution in [-0.2, 0) is 4.74 Å². The van der Waals surface area contributed by atoms with Crippen molar-refractivity contribution >= 4 is 12.2 Å². The third-order valence-corrected chi connectivity index (χ3v) is 3.19. The summed E-state index contributed by atoms with van der Waals surface area (Å²) in [6.45, 7) is 5.06. The SMILES string of the molecule is C=Cc1ccc(OC(=O)Oc2cccc3c2OC(OCC)O3)cc1. The highest BCUT2D eigenvalue weighted by Gasteiger charge is 2.29. The van der Waals surface area contributed by atoms with Gasteiger partial charge in [-0.15, -0.1) is 0 Å². The van der Waals surface area contributed by atoms with Gasteiger partial charge in [0.1, 0.15) is 5.75 Å². The Hall–Kier alpha value is -2.99. The molecule has 24 heavy (non-hydrogen) atoms. The van der Waals surface area contributed by atoms with E-state index in [-0.39, 0.29) is 5.75 Å². The molecule has 6 heteroatoms. The molecule has 0 saturated heterocycles. The molecule has 124 valence electrons. The number of carbonyl (C=O) groups is 1. The Kier molecular flexibility index (Phi) is 4.67. The van der Waals surface area contributed by atoms with Gasteiger partial charge in [0.05, 0.1) is 6.61 Å². The van der Waals surface area contributed by atoms with E-state index in [0.717, 1.165) is 5.56 Å². The molecule has 6 nitrogen and oxygen atoms in total. The highest BCUT2D eigenvalue weighted by Crippen LogP contribution is 2.42. The molecule has 2 aromatic carbocycles. The fourth-order valence-electron chi connectivity index (χ4n) is 2.09. The number of hydrogen-bond acceptors (Lipinski definition) is 6. The van der Waals surface area contributed by atoms with Crippen molar-refractivity contribution in [2.45, 2.75) is 13.4 Å². The van der Waals surface area contributed by atoms with Gasteiger partial charge in [0.15, 0.2) is 11.5 Å². The smallest absolute Gasteiger partial charge is 0.428 e. The Balaban J connectivity index is 1.67. The molecule has 1 heterocycles. The second kappa shape index (κ2) is 7.06. The molecule has 0 amide bonds. The highest BCUT2D eigenvalue weighted by molar-refractivity contribution is 5.69. The first-order chi connectivity index (χ1) is 11.7. The quantitative estimate of drug-likeness (QED) is 0.611. The summed E-state index contributed by atoms with van der Waals surface area (Å²) in [6.07, 6.45) is 0.819. The maximum atomic E-state index is 12.0. The van der Waals surface area contributed by atoms with Crippen molar-refractivity contribution in [3.63, 3.8) is 0 Å². The van der Waals surface area contributed by atoms with Crippen LogP contribution in [0.2, 0.25) is 0 Å². The molecule has 0 aliphatic carbocycles. The minimum Gasteiger partial charge on any atom is -0.428 e. The standard InChI is InChI=1S/C18H16O6/c1-3-12-8-10-13(11-9-12)21-17(19)22-14-6-5-7-15-16(14)24-18(23-15)20-4-2/h3,5-11,18H,1,4H2,2H3. The van der Waals surface area contributed by atoms with Gasteiger partial charge in [0.25, 0.3) is 0 Å². The minimum absolute atomic E-state index is 0.197. The van der Waals surface area contributed by atoms with E-state index < -0.39 is 12.6 Å². The van der Waals surface area contributed by atoms with Crippen molar-refractivity contribution in [3.05, 3.63) is 54.6 Å². The Morgan fingerprint density at radius 1 is 1.17 bits per heavy atom. The van der Waals surface area contributed by atoms with Gasteiger partial charge in [0.2, 0.25) is 5.75 Å². The summed E-state index contributed by atoms with van der Waals surface area (Å²) in [5, 5.41) is 0. The van der Waals surface area contributed by atoms with Crippen LogP contribution in [0.1, 0.15) is 12.5 Å². The molecule has 0 aromatic heterocycles. The van der Waals surface area contributed by atoms with Crippen LogP contribution in [0.25, 0.3) is 6.08 Å². The second-order valence-corrected chi connectivity index (χ2v) is 4.79. The second-order valence-electron chi connectivity index (χ2n) is 4.79. The number of rotatable bonds is 5. The summed E-state index contributed by atoms with van der Waals surface area (Å²) in [6, 6.07) is 11.8. The lowest BCUT2D eigenvalue weighted by Gasteiger charge is -2.09. The van der Waals surface area contributed by atoms with Crippen LogP contribution in [0.15, 0.2) is 49.0 Å². The molecule has 0 spiro atoms. The van der Waals surface area contributed by atoms with Gasteiger partial charge in [-0.3, -0.25) is 0 Å². The fraction of sp³-hybridized carbons (Fsp3) is 0.167. The highest BCUT2D eigenvalue weighted by atomic mass is 16.9. The van der Waals surface area contributed by atoms with Crippen molar-refractivity contribution in [1.29, 1.82) is 0 Å². The predicted molar refractivity (Wildman–Crippen MR) is 86.3 cm³/mol. The largest absolute Gasteiger partial charge is 0.519 e. The van der Waals surface area contributed by atoms with E-state index in [2.05, 4.69) is 6.58 Å². The van der Waals surface area contributed by atoms with E-state index in [9.17, 15) is 4.79 Å². The lowest BCUT2D eigenvalue weighted by atomic mass is 10.2. The Bertz CT molecular complexity index is 738. The van der Waals surface area contributed by atoms with Crippen molar-refractivity contribution in [1.82, 2.24) is 0 Å². The number of carbonyl (C=O) groups excluding carboxylic acids is 1. The van der Waals surface area contributed by atoms with Crippen LogP contribution >= 0.6 is 0 Å². The van der Waals surface area contributed by atoms with Gasteiger partial charge in [-0.1, -0.05) is 30.9 Å². The maximum Gasteiger partial charge on any atom is 0.519 e. The average Bonchev–Trinajstić information content (AvgIpc) is 2.99. The maximum absolute atomic E-state index is 12.0. The Morgan fingerprint density at radius 2 is 1.96 bits per heavy atom. The number of hydrogen-bond donors (Lipinski definition) is 0. The molecule has 1 aliphatic heterocycles. The zero-order chi connectivity index (χ0) is 16.9. The summed E-state index contributed by atoms with van der Waals surface area (Å²) in [5.74, 6) is 1.30. The molecule has 3 rings (SSSR count). The van der Waals surface area contributed by atoms with Crippen LogP contribution in [-0.4, -0.2) is 19.2 Å². The van der Waals surface area contributed by atoms with Crippen LogP contribution < -0.4 is 18.9 Å². The van der Waals surface area contributed by atoms with Gasteiger partial charge in [-0.25, -0.2) is 4.79 Å². The Morgan fingerprint density at radius 3 is 2.67 bits per heavy atom. The third kappa shape index (κ3) is 3.49. The van der Waals surface area contributed by atoms with Crippen molar-refractivity contribution in [2.75, 3.05) is 6.61 Å². The normalized spacial score (nSPS) is 15.0. The van der Waals surface area contributed by atoms with Crippen LogP contribution in [0, 0.1) is 0 Å². The van der Waals surface area contributed by atoms with Crippen LogP contribution in [0.3, 0.4) is 0 Å². The average molecular weight is 328 g/mol. The molecule has 1 unspecified atom stereocenters. The first-order valence-corrected chi connectivity index (χ1v) is 7.39. The van der Waals surface area contributed by atoms with Crippen molar-refractivity contribution in [3.8, 4) is 23.0 Å². The van der Waals surface area contributed by atoms with Crippen molar-refractivity contribution in [2.24, 2.45) is 0 Å². The number of benzene rings is 2. The summed E-state index contributed by atoms with van der Waals surface area (Å²) >= 11 is 0. The van der Waals surface area contributed by atoms with E-state index in [1.54, 1.807) is 48.5 Å². The molecule has 1 aliphatic rings. The van der Waals surface area contributed by atoms with Crippen molar-refractivity contribution < 1.29 is 28.5 Å². The third-order valence-electron chi connectivity index (χ3n) is 3.19. The molecule has 0 saturated carbocycles. The van der Waals surface area contributed by atoms with E-state index in [0.29, 0.717) is 23.9 Å². The van der Waals surface area contributed by atoms with E-state index in [4.69, 9.17) is 23.7 Å². The summed E-state index contributed by atoms with van der Waals surface area (Å²) in [4.78, 5) is 12.0. The topological polar surface area (TPSA) is 63.2 Å². The van der Waals surface area contributed by atoms with Gasteiger partial charge >= 0.3 is 12.6 Å². The first kappa shape index (κ1) is 15.9. The van der Waals surface area contributed by atoms with Crippen LogP contribution in [0.5, 0.6) is 23.0 Å². The predicted octanol–water partition coefficient (Wildman–Crippen LogP) is 4.00. The zero-order valence-corrected chi connectivity index (χ0v) is 13.1. The monoisotopic (exact) mass is 328 g/mol. The molecule has 2 aromatic rings. The molecule has 0 bridgehead atoms. The fourth-order valence-corrected chi connectivity index (χ4v) is 2.09. The lowest BCUT2D eigenvalue weighted by molar-refractivity contribution is -0.173. The van der Waals surface area contributed by atoms with E-state index in [1.807, 2.05) is 6.92 Å². The minimum atomic E-state index is -0.877. The lowest BCUT2D eigenvalue weighted by Crippen LogP contribution is -2.22. The van der Waals surface area contributed by atoms with Gasteiger partial charge in [0, 0.05) is 0 Å². The zero-order valence-electron chi connectivity index (χ0n) is 13.1. The van der Waals surface area contributed by atoms with E-state index >= 15 is 0 Å².